The molecule has 0 heterocycles. The minimum absolute atomic E-state index is 0.507. The van der Waals surface area contributed by atoms with E-state index < -0.39 is 7.60 Å². The van der Waals surface area contributed by atoms with Crippen molar-refractivity contribution in [1.82, 2.24) is 0 Å². The first-order chi connectivity index (χ1) is 5.46. The molecular formula is C8H15O3P. The lowest BCUT2D eigenvalue weighted by atomic mass is 10.4. The van der Waals surface area contributed by atoms with Crippen molar-refractivity contribution in [3.8, 4) is 0 Å². The lowest BCUT2D eigenvalue weighted by molar-refractivity contribution is 0.283. The molecule has 0 aromatic heterocycles. The van der Waals surface area contributed by atoms with E-state index in [0.29, 0.717) is 5.31 Å². The maximum atomic E-state index is 11.6. The lowest BCUT2D eigenvalue weighted by Crippen LogP contribution is -1.88. The molecule has 0 saturated carbocycles. The average Bonchev–Trinajstić information content (AvgIpc) is 2.02. The molecule has 0 radical (unpaired) electrons. The second-order valence-electron chi connectivity index (χ2n) is 2.57. The van der Waals surface area contributed by atoms with E-state index >= 15 is 0 Å². The first-order valence-electron chi connectivity index (χ1n) is 3.59. The highest BCUT2D eigenvalue weighted by atomic mass is 31.2. The Balaban J connectivity index is 5.04. The molecule has 0 aliphatic heterocycles. The minimum atomic E-state index is -3.04. The van der Waals surface area contributed by atoms with Crippen molar-refractivity contribution in [3.05, 3.63) is 16.6 Å². The Morgan fingerprint density at radius 2 is 1.58 bits per heavy atom. The first kappa shape index (κ1) is 11.7. The molecule has 3 nitrogen and oxygen atoms in total. The fraction of sp³-hybridized carbons (Fsp3) is 0.625. The van der Waals surface area contributed by atoms with Crippen LogP contribution in [0.1, 0.15) is 20.8 Å². The molecule has 0 aliphatic carbocycles. The number of rotatable bonds is 3. The molecule has 0 rings (SSSR count). The number of allylic oxidation sites excluding steroid dienone is 1. The Morgan fingerprint density at radius 1 is 1.17 bits per heavy atom. The van der Waals surface area contributed by atoms with E-state index in [4.69, 9.17) is 9.05 Å². The third kappa shape index (κ3) is 2.96. The van der Waals surface area contributed by atoms with Crippen molar-refractivity contribution < 1.29 is 13.6 Å². The molecule has 0 atom stereocenters. The summed E-state index contributed by atoms with van der Waals surface area (Å²) < 4.78 is 21.2. The molecule has 0 bridgehead atoms. The Morgan fingerprint density at radius 3 is 1.83 bits per heavy atom. The van der Waals surface area contributed by atoms with E-state index in [1.165, 1.54) is 14.2 Å². The second kappa shape index (κ2) is 4.64. The van der Waals surface area contributed by atoms with Crippen molar-refractivity contribution in [2.75, 3.05) is 14.2 Å². The molecule has 0 spiro atoms. The Bertz CT molecular complexity index is 249. The summed E-state index contributed by atoms with van der Waals surface area (Å²) in [6.07, 6.45) is 0. The van der Waals surface area contributed by atoms with Gasteiger partial charge in [0.15, 0.2) is 0 Å². The molecule has 0 aliphatic rings. The van der Waals surface area contributed by atoms with Crippen LogP contribution in [-0.4, -0.2) is 14.2 Å². The summed E-state index contributed by atoms with van der Waals surface area (Å²) in [6.45, 7) is 5.43. The topological polar surface area (TPSA) is 35.5 Å². The van der Waals surface area contributed by atoms with Gasteiger partial charge >= 0.3 is 7.60 Å². The fourth-order valence-corrected chi connectivity index (χ4v) is 1.84. The van der Waals surface area contributed by atoms with Crippen LogP contribution in [0.5, 0.6) is 0 Å². The highest BCUT2D eigenvalue weighted by Gasteiger charge is 2.23. The Hall–Kier alpha value is -0.330. The van der Waals surface area contributed by atoms with Crippen molar-refractivity contribution in [2.45, 2.75) is 20.8 Å². The molecule has 0 unspecified atom stereocenters. The van der Waals surface area contributed by atoms with Gasteiger partial charge in [-0.3, -0.25) is 4.57 Å². The van der Waals surface area contributed by atoms with Gasteiger partial charge in [-0.25, -0.2) is 0 Å². The van der Waals surface area contributed by atoms with Gasteiger partial charge in [0.25, 0.3) is 0 Å². The summed E-state index contributed by atoms with van der Waals surface area (Å²) in [6, 6.07) is 0. The van der Waals surface area contributed by atoms with Crippen LogP contribution in [0.3, 0.4) is 0 Å². The standard InChI is InChI=1S/C8H15O3P/c1-7(2)6-8(3)12(9,10-4)11-5/h1-5H3. The molecule has 0 aromatic carbocycles. The van der Waals surface area contributed by atoms with Crippen molar-refractivity contribution >= 4 is 7.60 Å². The van der Waals surface area contributed by atoms with Crippen LogP contribution in [0.2, 0.25) is 0 Å². The summed E-state index contributed by atoms with van der Waals surface area (Å²) >= 11 is 0. The summed E-state index contributed by atoms with van der Waals surface area (Å²) in [5, 5.41) is 0.507. The van der Waals surface area contributed by atoms with Crippen LogP contribution in [0, 0.1) is 0 Å². The highest BCUT2D eigenvalue weighted by molar-refractivity contribution is 7.58. The predicted octanol–water partition coefficient (Wildman–Crippen LogP) is 2.94. The monoisotopic (exact) mass is 190 g/mol. The zero-order chi connectivity index (χ0) is 9.78. The summed E-state index contributed by atoms with van der Waals surface area (Å²) in [5.74, 6) is 0. The van der Waals surface area contributed by atoms with Crippen LogP contribution in [0.25, 0.3) is 0 Å². The van der Waals surface area contributed by atoms with E-state index in [2.05, 4.69) is 5.73 Å². The van der Waals surface area contributed by atoms with E-state index in [1.54, 1.807) is 6.92 Å². The van der Waals surface area contributed by atoms with Gasteiger partial charge in [0, 0.05) is 14.2 Å². The maximum Gasteiger partial charge on any atom is 0.364 e. The van der Waals surface area contributed by atoms with Gasteiger partial charge in [0.2, 0.25) is 0 Å². The first-order valence-corrected chi connectivity index (χ1v) is 5.13. The highest BCUT2D eigenvalue weighted by Crippen LogP contribution is 2.53. The molecule has 0 N–H and O–H groups in total. The van der Waals surface area contributed by atoms with Gasteiger partial charge in [-0.2, -0.15) is 0 Å². The van der Waals surface area contributed by atoms with Crippen LogP contribution in [-0.2, 0) is 13.6 Å². The zero-order valence-corrected chi connectivity index (χ0v) is 9.07. The van der Waals surface area contributed by atoms with Crippen molar-refractivity contribution in [3.63, 3.8) is 0 Å². The van der Waals surface area contributed by atoms with E-state index in [1.807, 2.05) is 13.8 Å². The average molecular weight is 190 g/mol. The molecule has 4 heteroatoms. The summed E-state index contributed by atoms with van der Waals surface area (Å²) in [7, 11) is -0.318. The molecule has 70 valence electrons. The van der Waals surface area contributed by atoms with E-state index in [9.17, 15) is 4.57 Å². The Labute approximate surface area is 73.6 Å². The van der Waals surface area contributed by atoms with Crippen LogP contribution >= 0.6 is 7.60 Å². The lowest BCUT2D eigenvalue weighted by Gasteiger charge is -2.11. The smallest absolute Gasteiger partial charge is 0.308 e. The second-order valence-corrected chi connectivity index (χ2v) is 4.97. The van der Waals surface area contributed by atoms with Gasteiger partial charge in [-0.15, -0.1) is 5.73 Å². The van der Waals surface area contributed by atoms with Crippen LogP contribution in [0.4, 0.5) is 0 Å². The largest absolute Gasteiger partial charge is 0.364 e. The van der Waals surface area contributed by atoms with Gasteiger partial charge in [0.05, 0.1) is 5.31 Å². The van der Waals surface area contributed by atoms with E-state index in [-0.39, 0.29) is 0 Å². The molecule has 0 saturated heterocycles. The molecule has 0 aromatic rings. The SMILES string of the molecule is COP(=O)(OC)C(C)=C=C(C)C. The van der Waals surface area contributed by atoms with Gasteiger partial charge in [0.1, 0.15) is 0 Å². The number of hydrogen-bond donors (Lipinski definition) is 0. The van der Waals surface area contributed by atoms with Crippen LogP contribution < -0.4 is 0 Å². The normalized spacial score (nSPS) is 10.8. The summed E-state index contributed by atoms with van der Waals surface area (Å²) in [4.78, 5) is 0. The molecule has 0 amide bonds. The third-order valence-corrected chi connectivity index (χ3v) is 3.22. The molecule has 0 fully saturated rings. The van der Waals surface area contributed by atoms with E-state index in [0.717, 1.165) is 5.57 Å². The number of hydrogen-bond acceptors (Lipinski definition) is 3. The van der Waals surface area contributed by atoms with Crippen molar-refractivity contribution in [1.29, 1.82) is 0 Å². The predicted molar refractivity (Wildman–Crippen MR) is 49.2 cm³/mol. The zero-order valence-electron chi connectivity index (χ0n) is 8.17. The quantitative estimate of drug-likeness (QED) is 0.507. The maximum absolute atomic E-state index is 11.6. The Kier molecular flexibility index (Phi) is 4.51. The van der Waals surface area contributed by atoms with Gasteiger partial charge < -0.3 is 9.05 Å². The van der Waals surface area contributed by atoms with Crippen molar-refractivity contribution in [2.24, 2.45) is 0 Å². The van der Waals surface area contributed by atoms with Gasteiger partial charge in [-0.05, 0) is 26.3 Å². The fourth-order valence-electron chi connectivity index (χ4n) is 0.779. The third-order valence-electron chi connectivity index (χ3n) is 1.32. The summed E-state index contributed by atoms with van der Waals surface area (Å²) in [5.41, 5.74) is 3.85. The van der Waals surface area contributed by atoms with Crippen LogP contribution in [0.15, 0.2) is 16.6 Å². The minimum Gasteiger partial charge on any atom is -0.308 e. The van der Waals surface area contributed by atoms with Gasteiger partial charge in [-0.1, -0.05) is 0 Å². The molecule has 12 heavy (non-hydrogen) atoms. The molecular weight excluding hydrogens is 175 g/mol.